The highest BCUT2D eigenvalue weighted by Gasteiger charge is 2.44. The summed E-state index contributed by atoms with van der Waals surface area (Å²) in [6.07, 6.45) is 1.33. The Morgan fingerprint density at radius 3 is 2.05 bits per heavy atom. The average molecular weight is 773 g/mol. The van der Waals surface area contributed by atoms with Gasteiger partial charge in [-0.15, -0.1) is 0 Å². The van der Waals surface area contributed by atoms with E-state index in [2.05, 4.69) is 35.1 Å². The Kier molecular flexibility index (Phi) is 18.4. The van der Waals surface area contributed by atoms with Crippen LogP contribution < -0.4 is 21.3 Å². The van der Waals surface area contributed by atoms with E-state index in [1.165, 1.54) is 0 Å². The number of benzene rings is 1. The van der Waals surface area contributed by atoms with E-state index in [-0.39, 0.29) is 48.1 Å². The van der Waals surface area contributed by atoms with Crippen LogP contribution in [0, 0.1) is 17.8 Å². The van der Waals surface area contributed by atoms with Crippen LogP contribution in [0.5, 0.6) is 0 Å². The van der Waals surface area contributed by atoms with Crippen molar-refractivity contribution in [3.05, 3.63) is 35.9 Å². The topological polar surface area (TPSA) is 158 Å². The minimum absolute atomic E-state index is 0.0328. The maximum absolute atomic E-state index is 14.3. The molecule has 1 aromatic carbocycles. The summed E-state index contributed by atoms with van der Waals surface area (Å²) in [6, 6.07) is 7.36. The van der Waals surface area contributed by atoms with Crippen molar-refractivity contribution < 1.29 is 33.4 Å². The van der Waals surface area contributed by atoms with Gasteiger partial charge in [-0.3, -0.25) is 34.2 Å². The Balaban J connectivity index is 2.32. The monoisotopic (exact) mass is 773 g/mol. The van der Waals surface area contributed by atoms with E-state index in [1.807, 2.05) is 76.9 Å². The third-order valence-electron chi connectivity index (χ3n) is 11.1. The van der Waals surface area contributed by atoms with Gasteiger partial charge in [0.05, 0.1) is 42.2 Å². The summed E-state index contributed by atoms with van der Waals surface area (Å²) in [6.45, 7) is 19.4. The lowest BCUT2D eigenvalue weighted by atomic mass is 9.87. The van der Waals surface area contributed by atoms with E-state index in [9.17, 15) is 24.0 Å². The number of carbonyl (C=O) groups is 5. The van der Waals surface area contributed by atoms with E-state index in [0.29, 0.717) is 19.4 Å². The largest absolute Gasteiger partial charge is 0.379 e. The van der Waals surface area contributed by atoms with Crippen LogP contribution in [-0.4, -0.2) is 122 Å². The fraction of sp³-hybridized carbons (Fsp3) is 0.738. The minimum atomic E-state index is -0.942. The smallest absolute Gasteiger partial charge is 0.246 e. The predicted octanol–water partition coefficient (Wildman–Crippen LogP) is 3.69. The second kappa shape index (κ2) is 21.2. The summed E-state index contributed by atoms with van der Waals surface area (Å²) in [5.41, 5.74) is -0.515. The third kappa shape index (κ3) is 13.4. The Labute approximate surface area is 330 Å². The highest BCUT2D eigenvalue weighted by Crippen LogP contribution is 2.30. The number of nitrogens with one attached hydrogen (secondary N) is 4. The third-order valence-corrected chi connectivity index (χ3v) is 11.1. The average Bonchev–Trinajstić information content (AvgIpc) is 3.60. The lowest BCUT2D eigenvalue weighted by Crippen LogP contribution is -2.61. The first-order valence-corrected chi connectivity index (χ1v) is 19.9. The molecule has 55 heavy (non-hydrogen) atoms. The molecule has 1 aromatic rings. The van der Waals surface area contributed by atoms with Gasteiger partial charge < -0.3 is 30.3 Å². The number of hydrogen-bond acceptors (Lipinski definition) is 9. The zero-order valence-corrected chi connectivity index (χ0v) is 36.1. The summed E-state index contributed by atoms with van der Waals surface area (Å²) in [5.74, 6) is -2.37. The highest BCUT2D eigenvalue weighted by molar-refractivity contribution is 6.01. The predicted molar refractivity (Wildman–Crippen MR) is 216 cm³/mol. The van der Waals surface area contributed by atoms with E-state index in [1.54, 1.807) is 46.9 Å². The van der Waals surface area contributed by atoms with Crippen LogP contribution >= 0.6 is 0 Å². The van der Waals surface area contributed by atoms with Gasteiger partial charge in [-0.2, -0.15) is 0 Å². The van der Waals surface area contributed by atoms with Crippen molar-refractivity contribution >= 4 is 29.5 Å². The number of imide groups is 1. The van der Waals surface area contributed by atoms with Crippen molar-refractivity contribution in [2.75, 3.05) is 34.9 Å². The highest BCUT2D eigenvalue weighted by atomic mass is 16.5. The number of ether oxygens (including phenoxy) is 2. The van der Waals surface area contributed by atoms with E-state index in [0.717, 1.165) is 18.4 Å². The Morgan fingerprint density at radius 1 is 0.927 bits per heavy atom. The molecule has 1 fully saturated rings. The number of hydrogen-bond donors (Lipinski definition) is 4. The number of amides is 5. The van der Waals surface area contributed by atoms with Crippen LogP contribution in [0.25, 0.3) is 0 Å². The van der Waals surface area contributed by atoms with Crippen molar-refractivity contribution in [2.24, 2.45) is 17.8 Å². The number of rotatable bonds is 20. The lowest BCUT2D eigenvalue weighted by molar-refractivity contribution is -0.144. The number of likely N-dealkylation sites (tertiary alicyclic amines) is 1. The quantitative estimate of drug-likeness (QED) is 0.155. The molecule has 312 valence electrons. The Morgan fingerprint density at radius 2 is 1.55 bits per heavy atom. The second-order valence-corrected chi connectivity index (χ2v) is 17.2. The molecule has 5 amide bonds. The van der Waals surface area contributed by atoms with Crippen molar-refractivity contribution in [2.45, 2.75) is 149 Å². The van der Waals surface area contributed by atoms with Crippen molar-refractivity contribution in [1.29, 1.82) is 0 Å². The summed E-state index contributed by atoms with van der Waals surface area (Å²) < 4.78 is 12.1. The SMILES string of the molecule is CC[C@H](C)[C@@H]([C@@H](CC(=O)N1CCC[C@H]1[C@H](OC)[C@@H](C)C(=O)N[C@@H](Cc1ccccc1)C(=O)NC(C)(C)C)OC)N(C)[C@H](C(=O)NC(=O)C(C)(C)NC)C(C)C. The van der Waals surface area contributed by atoms with Gasteiger partial charge >= 0.3 is 0 Å². The van der Waals surface area contributed by atoms with Crippen LogP contribution in [0.4, 0.5) is 0 Å². The Bertz CT molecular complexity index is 1410. The number of likely N-dealkylation sites (N-methyl/N-ethyl adjacent to an activating group) is 2. The zero-order chi connectivity index (χ0) is 41.8. The van der Waals surface area contributed by atoms with Crippen molar-refractivity contribution in [3.63, 3.8) is 0 Å². The fourth-order valence-corrected chi connectivity index (χ4v) is 7.61. The molecule has 0 radical (unpaired) electrons. The summed E-state index contributed by atoms with van der Waals surface area (Å²) in [5, 5.41) is 11.5. The molecule has 13 heteroatoms. The van der Waals surface area contributed by atoms with Gasteiger partial charge in [0.2, 0.25) is 29.5 Å². The molecule has 0 spiro atoms. The van der Waals surface area contributed by atoms with Crippen LogP contribution in [0.15, 0.2) is 30.3 Å². The molecule has 1 heterocycles. The molecular formula is C42H72N6O7. The molecule has 1 aliphatic rings. The second-order valence-electron chi connectivity index (χ2n) is 17.2. The first-order chi connectivity index (χ1) is 25.6. The molecule has 0 aromatic heterocycles. The van der Waals surface area contributed by atoms with E-state index >= 15 is 0 Å². The van der Waals surface area contributed by atoms with Gasteiger partial charge in [0.1, 0.15) is 6.04 Å². The van der Waals surface area contributed by atoms with Crippen LogP contribution in [-0.2, 0) is 39.9 Å². The molecule has 2 rings (SSSR count). The molecule has 0 aliphatic carbocycles. The molecule has 13 nitrogen and oxygen atoms in total. The van der Waals surface area contributed by atoms with Crippen LogP contribution in [0.1, 0.15) is 100 Å². The van der Waals surface area contributed by atoms with Gasteiger partial charge in [0, 0.05) is 38.8 Å². The van der Waals surface area contributed by atoms with Crippen LogP contribution in [0.3, 0.4) is 0 Å². The number of carbonyl (C=O) groups excluding carboxylic acids is 5. The van der Waals surface area contributed by atoms with E-state index in [4.69, 9.17) is 9.47 Å². The normalized spacial score (nSPS) is 18.9. The standard InChI is InChI=1S/C42H72N6O7/c1-15-27(4)35(47(12)34(26(2)3)39(52)45-40(53)42(9,10)43-11)32(54-13)25-33(49)48-23-19-22-31(48)36(55-14)28(5)37(50)44-30(38(51)46-41(6,7)8)24-29-20-17-16-18-21-29/h16-18,20-21,26-28,30-32,34-36,43H,15,19,22-25H2,1-14H3,(H,44,50)(H,46,51)(H,45,52,53)/t27-,28+,30-,31-,32+,34-,35-,36+/m0/s1. The first kappa shape index (κ1) is 47.8. The number of methoxy groups -OCH3 is 2. The zero-order valence-electron chi connectivity index (χ0n) is 36.1. The van der Waals surface area contributed by atoms with Crippen molar-refractivity contribution in [1.82, 2.24) is 31.1 Å². The molecule has 0 saturated carbocycles. The summed E-state index contributed by atoms with van der Waals surface area (Å²) in [4.78, 5) is 72.0. The molecule has 1 aliphatic heterocycles. The summed E-state index contributed by atoms with van der Waals surface area (Å²) in [7, 11) is 6.66. The van der Waals surface area contributed by atoms with Crippen LogP contribution in [0.2, 0.25) is 0 Å². The lowest BCUT2D eigenvalue weighted by Gasteiger charge is -2.43. The maximum atomic E-state index is 14.3. The number of nitrogens with zero attached hydrogens (tertiary/aromatic N) is 2. The first-order valence-electron chi connectivity index (χ1n) is 19.9. The van der Waals surface area contributed by atoms with Gasteiger partial charge in [0.25, 0.3) is 0 Å². The minimum Gasteiger partial charge on any atom is -0.379 e. The molecular weight excluding hydrogens is 700 g/mol. The molecule has 0 unspecified atom stereocenters. The van der Waals surface area contributed by atoms with Gasteiger partial charge in [-0.1, -0.05) is 71.4 Å². The molecule has 8 atom stereocenters. The maximum Gasteiger partial charge on any atom is 0.246 e. The molecule has 1 saturated heterocycles. The Hall–Kier alpha value is -3.39. The van der Waals surface area contributed by atoms with E-state index < -0.39 is 53.1 Å². The van der Waals surface area contributed by atoms with Crippen molar-refractivity contribution in [3.8, 4) is 0 Å². The van der Waals surface area contributed by atoms with Gasteiger partial charge in [-0.05, 0) is 79.0 Å². The van der Waals surface area contributed by atoms with Gasteiger partial charge in [0.15, 0.2) is 0 Å². The fourth-order valence-electron chi connectivity index (χ4n) is 7.61. The summed E-state index contributed by atoms with van der Waals surface area (Å²) >= 11 is 0. The molecule has 0 bridgehead atoms. The molecule has 4 N–H and O–H groups in total. The van der Waals surface area contributed by atoms with Gasteiger partial charge in [-0.25, -0.2) is 0 Å².